The summed E-state index contributed by atoms with van der Waals surface area (Å²) in [5.74, 6) is -0.0485. The summed E-state index contributed by atoms with van der Waals surface area (Å²) in [5.41, 5.74) is 6.00. The number of rotatable bonds is 4. The number of nitrogen functional groups attached to an aromatic ring is 1. The molecule has 3 N–H and O–H groups in total. The molecule has 2 atom stereocenters. The number of carboxylic acid groups (broad SMARTS) is 1. The number of hydrogen-bond acceptors (Lipinski definition) is 5. The zero-order valence-electron chi connectivity index (χ0n) is 14.9. The summed E-state index contributed by atoms with van der Waals surface area (Å²) < 4.78 is 0. The smallest absolute Gasteiger partial charge is 0.313 e. The molecule has 3 heterocycles. The van der Waals surface area contributed by atoms with Crippen molar-refractivity contribution in [3.05, 3.63) is 23.9 Å². The maximum Gasteiger partial charge on any atom is 0.313 e. The number of pyridine rings is 1. The fraction of sp³-hybridized carbons (Fsp3) is 0.632. The second kappa shape index (κ2) is 6.54. The number of hydrogen-bond donors (Lipinski definition) is 2. The van der Waals surface area contributed by atoms with Crippen molar-refractivity contribution in [1.82, 2.24) is 14.8 Å². The highest BCUT2D eigenvalue weighted by Crippen LogP contribution is 2.44. The van der Waals surface area contributed by atoms with Gasteiger partial charge in [-0.05, 0) is 18.9 Å². The Balaban J connectivity index is 1.47. The number of aliphatic carboxylic acids is 1. The van der Waals surface area contributed by atoms with Crippen LogP contribution in [0.25, 0.3) is 0 Å². The Labute approximate surface area is 153 Å². The van der Waals surface area contributed by atoms with Gasteiger partial charge in [0.25, 0.3) is 0 Å². The molecule has 26 heavy (non-hydrogen) atoms. The number of fused-ring (bicyclic) bond motifs is 1. The molecule has 0 radical (unpaired) electrons. The summed E-state index contributed by atoms with van der Waals surface area (Å²) in [6.07, 6.45) is 5.78. The van der Waals surface area contributed by atoms with Crippen LogP contribution in [-0.4, -0.2) is 57.9 Å². The molecule has 0 aromatic carbocycles. The monoisotopic (exact) mass is 358 g/mol. The zero-order chi connectivity index (χ0) is 18.3. The summed E-state index contributed by atoms with van der Waals surface area (Å²) in [6.45, 7) is 2.62. The number of carboxylic acids is 1. The first-order valence-corrected chi connectivity index (χ1v) is 9.43. The molecule has 7 nitrogen and oxygen atoms in total. The minimum absolute atomic E-state index is 0.0248. The SMILES string of the molecule is Nc1ncccc1CN1C[C@H]2CN(C(=O)C3CCCC3)C[C@@]2(C(=O)O)C1. The predicted molar refractivity (Wildman–Crippen MR) is 96.0 cm³/mol. The van der Waals surface area contributed by atoms with Gasteiger partial charge in [0, 0.05) is 56.3 Å². The summed E-state index contributed by atoms with van der Waals surface area (Å²) in [5, 5.41) is 9.98. The van der Waals surface area contributed by atoms with Crippen molar-refractivity contribution in [2.75, 3.05) is 31.9 Å². The largest absolute Gasteiger partial charge is 0.481 e. The predicted octanol–water partition coefficient (Wildman–Crippen LogP) is 1.20. The maximum absolute atomic E-state index is 12.8. The van der Waals surface area contributed by atoms with Gasteiger partial charge in [0.05, 0.1) is 0 Å². The van der Waals surface area contributed by atoms with E-state index in [1.165, 1.54) is 0 Å². The van der Waals surface area contributed by atoms with Crippen LogP contribution in [0.2, 0.25) is 0 Å². The van der Waals surface area contributed by atoms with Crippen molar-refractivity contribution < 1.29 is 14.7 Å². The quantitative estimate of drug-likeness (QED) is 0.839. The zero-order valence-corrected chi connectivity index (χ0v) is 14.9. The molecule has 2 aliphatic heterocycles. The molecule has 7 heteroatoms. The van der Waals surface area contributed by atoms with Gasteiger partial charge in [-0.1, -0.05) is 18.9 Å². The molecule has 1 aromatic rings. The van der Waals surface area contributed by atoms with Gasteiger partial charge in [-0.2, -0.15) is 0 Å². The number of carbonyl (C=O) groups is 2. The fourth-order valence-electron chi connectivity index (χ4n) is 5.02. The van der Waals surface area contributed by atoms with Crippen molar-refractivity contribution in [3.63, 3.8) is 0 Å². The van der Waals surface area contributed by atoms with Gasteiger partial charge in [-0.25, -0.2) is 4.98 Å². The van der Waals surface area contributed by atoms with Gasteiger partial charge in [0.15, 0.2) is 0 Å². The van der Waals surface area contributed by atoms with Gasteiger partial charge in [-0.3, -0.25) is 14.5 Å². The lowest BCUT2D eigenvalue weighted by atomic mass is 9.81. The van der Waals surface area contributed by atoms with Crippen molar-refractivity contribution >= 4 is 17.7 Å². The number of amides is 1. The van der Waals surface area contributed by atoms with Gasteiger partial charge >= 0.3 is 5.97 Å². The number of nitrogens with zero attached hydrogens (tertiary/aromatic N) is 3. The molecular formula is C19H26N4O3. The highest BCUT2D eigenvalue weighted by atomic mass is 16.4. The van der Waals surface area contributed by atoms with Crippen LogP contribution in [0.15, 0.2) is 18.3 Å². The Morgan fingerprint density at radius 2 is 2.04 bits per heavy atom. The van der Waals surface area contributed by atoms with Gasteiger partial charge in [0.2, 0.25) is 5.91 Å². The highest BCUT2D eigenvalue weighted by molar-refractivity contribution is 5.83. The van der Waals surface area contributed by atoms with Crippen LogP contribution in [0.3, 0.4) is 0 Å². The van der Waals surface area contributed by atoms with Gasteiger partial charge in [0.1, 0.15) is 11.2 Å². The minimum atomic E-state index is -0.856. The average molecular weight is 358 g/mol. The molecule has 1 aromatic heterocycles. The molecule has 4 rings (SSSR count). The van der Waals surface area contributed by atoms with Crippen molar-refractivity contribution in [2.24, 2.45) is 17.3 Å². The normalized spacial score (nSPS) is 29.2. The number of nitrogens with two attached hydrogens (primary N) is 1. The van der Waals surface area contributed by atoms with Crippen LogP contribution >= 0.6 is 0 Å². The molecule has 0 unspecified atom stereocenters. The van der Waals surface area contributed by atoms with E-state index < -0.39 is 11.4 Å². The van der Waals surface area contributed by atoms with Crippen LogP contribution in [0.5, 0.6) is 0 Å². The number of carbonyl (C=O) groups excluding carboxylic acids is 1. The Hall–Kier alpha value is -2.15. The molecule has 0 bridgehead atoms. The second-order valence-corrected chi connectivity index (χ2v) is 8.08. The molecule has 2 saturated heterocycles. The lowest BCUT2D eigenvalue weighted by Crippen LogP contribution is -2.43. The van der Waals surface area contributed by atoms with Gasteiger partial charge in [-0.15, -0.1) is 0 Å². The van der Waals surface area contributed by atoms with Crippen LogP contribution in [0.1, 0.15) is 31.2 Å². The van der Waals surface area contributed by atoms with E-state index in [9.17, 15) is 14.7 Å². The van der Waals surface area contributed by atoms with Crippen LogP contribution in [-0.2, 0) is 16.1 Å². The van der Waals surface area contributed by atoms with E-state index in [-0.39, 0.29) is 17.7 Å². The molecular weight excluding hydrogens is 332 g/mol. The van der Waals surface area contributed by atoms with E-state index in [0.717, 1.165) is 31.2 Å². The minimum Gasteiger partial charge on any atom is -0.481 e. The first-order valence-electron chi connectivity index (χ1n) is 9.43. The molecule has 140 valence electrons. The molecule has 3 aliphatic rings. The first-order chi connectivity index (χ1) is 12.5. The third-order valence-electron chi connectivity index (χ3n) is 6.44. The lowest BCUT2D eigenvalue weighted by Gasteiger charge is -2.27. The Bertz CT molecular complexity index is 718. The van der Waals surface area contributed by atoms with E-state index in [0.29, 0.717) is 38.5 Å². The summed E-state index contributed by atoms with van der Waals surface area (Å²) in [7, 11) is 0. The standard InChI is InChI=1S/C19H26N4O3/c20-16-14(6-3-7-21-16)8-22-9-15-10-23(12-19(15,11-22)18(25)26)17(24)13-4-1-2-5-13/h3,6-7,13,15H,1-2,4-5,8-12H2,(H2,20,21)(H,25,26)/t15-,19-/m0/s1. The fourth-order valence-corrected chi connectivity index (χ4v) is 5.02. The topological polar surface area (TPSA) is 99.8 Å². The summed E-state index contributed by atoms with van der Waals surface area (Å²) >= 11 is 0. The number of aromatic nitrogens is 1. The third-order valence-corrected chi connectivity index (χ3v) is 6.44. The van der Waals surface area contributed by atoms with Gasteiger partial charge < -0.3 is 15.7 Å². The van der Waals surface area contributed by atoms with Crippen LogP contribution in [0.4, 0.5) is 5.82 Å². The van der Waals surface area contributed by atoms with Crippen molar-refractivity contribution in [3.8, 4) is 0 Å². The lowest BCUT2D eigenvalue weighted by molar-refractivity contribution is -0.149. The van der Waals surface area contributed by atoms with Crippen LogP contribution < -0.4 is 5.73 Å². The molecule has 1 aliphatic carbocycles. The van der Waals surface area contributed by atoms with Crippen molar-refractivity contribution in [1.29, 1.82) is 0 Å². The van der Waals surface area contributed by atoms with E-state index in [1.807, 2.05) is 17.0 Å². The van der Waals surface area contributed by atoms with E-state index in [2.05, 4.69) is 9.88 Å². The first kappa shape index (κ1) is 17.3. The molecule has 3 fully saturated rings. The summed E-state index contributed by atoms with van der Waals surface area (Å²) in [4.78, 5) is 33.0. The van der Waals surface area contributed by atoms with E-state index in [4.69, 9.17) is 5.73 Å². The number of anilines is 1. The Morgan fingerprint density at radius 3 is 2.69 bits per heavy atom. The second-order valence-electron chi connectivity index (χ2n) is 8.08. The maximum atomic E-state index is 12.8. The van der Waals surface area contributed by atoms with E-state index in [1.54, 1.807) is 6.20 Å². The van der Waals surface area contributed by atoms with Crippen molar-refractivity contribution in [2.45, 2.75) is 32.2 Å². The van der Waals surface area contributed by atoms with E-state index >= 15 is 0 Å². The average Bonchev–Trinajstić information content (AvgIpc) is 3.30. The highest BCUT2D eigenvalue weighted by Gasteiger charge is 2.58. The molecule has 0 spiro atoms. The molecule has 1 amide bonds. The third kappa shape index (κ3) is 2.84. The Kier molecular flexibility index (Phi) is 4.34. The summed E-state index contributed by atoms with van der Waals surface area (Å²) in [6, 6.07) is 3.78. The van der Waals surface area contributed by atoms with Crippen LogP contribution in [0, 0.1) is 17.3 Å². The number of likely N-dealkylation sites (tertiary alicyclic amines) is 2. The molecule has 1 saturated carbocycles. The Morgan fingerprint density at radius 1 is 1.27 bits per heavy atom.